The lowest BCUT2D eigenvalue weighted by Gasteiger charge is -2.19. The van der Waals surface area contributed by atoms with Crippen LogP contribution in [-0.2, 0) is 0 Å². The molecule has 1 aliphatic rings. The lowest BCUT2D eigenvalue weighted by molar-refractivity contribution is 0.437. The van der Waals surface area contributed by atoms with E-state index in [0.717, 1.165) is 12.2 Å². The van der Waals surface area contributed by atoms with E-state index >= 15 is 0 Å². The van der Waals surface area contributed by atoms with Crippen molar-refractivity contribution < 1.29 is 0 Å². The van der Waals surface area contributed by atoms with Gasteiger partial charge in [0.25, 0.3) is 0 Å². The number of thioether (sulfide) groups is 1. The predicted molar refractivity (Wildman–Crippen MR) is 60.5 cm³/mol. The van der Waals surface area contributed by atoms with E-state index in [1.54, 1.807) is 0 Å². The Morgan fingerprint density at radius 2 is 2.71 bits per heavy atom. The number of nitrogens with zero attached hydrogens (tertiary/aromatic N) is 1. The average molecular weight is 211 g/mol. The first-order chi connectivity index (χ1) is 6.90. The van der Waals surface area contributed by atoms with Crippen LogP contribution in [0.15, 0.2) is 12.4 Å². The smallest absolute Gasteiger partial charge is 0.123 e. The van der Waals surface area contributed by atoms with Crippen LogP contribution in [0.3, 0.4) is 0 Å². The molecule has 2 unspecified atom stereocenters. The van der Waals surface area contributed by atoms with Gasteiger partial charge in [-0.25, -0.2) is 4.98 Å². The number of rotatable bonds is 4. The second-order valence-corrected chi connectivity index (χ2v) is 4.81. The minimum absolute atomic E-state index is 0.397. The van der Waals surface area contributed by atoms with Crippen molar-refractivity contribution >= 4 is 11.8 Å². The Morgan fingerprint density at radius 1 is 1.79 bits per heavy atom. The first kappa shape index (κ1) is 10.1. The molecule has 1 aromatic rings. The Morgan fingerprint density at radius 3 is 3.29 bits per heavy atom. The van der Waals surface area contributed by atoms with Crippen LogP contribution in [-0.4, -0.2) is 27.5 Å². The highest BCUT2D eigenvalue weighted by Crippen LogP contribution is 2.21. The molecule has 2 atom stereocenters. The number of hydrogen-bond acceptors (Lipinski definition) is 3. The zero-order chi connectivity index (χ0) is 9.80. The molecule has 2 rings (SSSR count). The minimum Gasteiger partial charge on any atom is -0.347 e. The average Bonchev–Trinajstić information content (AvgIpc) is 2.86. The molecule has 0 saturated carbocycles. The fraction of sp³-hybridized carbons (Fsp3) is 0.700. The number of hydrogen-bond donors (Lipinski definition) is 2. The Labute approximate surface area is 89.1 Å². The second kappa shape index (κ2) is 4.84. The van der Waals surface area contributed by atoms with Crippen LogP contribution in [0.4, 0.5) is 0 Å². The van der Waals surface area contributed by atoms with E-state index in [0.29, 0.717) is 12.1 Å². The third-order valence-corrected chi connectivity index (χ3v) is 3.79. The van der Waals surface area contributed by atoms with Gasteiger partial charge in [0.2, 0.25) is 0 Å². The Balaban J connectivity index is 1.93. The van der Waals surface area contributed by atoms with E-state index in [1.165, 1.54) is 17.9 Å². The maximum absolute atomic E-state index is 4.30. The Bertz CT molecular complexity index is 254. The molecule has 4 heteroatoms. The van der Waals surface area contributed by atoms with E-state index in [9.17, 15) is 0 Å². The van der Waals surface area contributed by atoms with Crippen LogP contribution in [0.2, 0.25) is 0 Å². The number of H-pyrrole nitrogens is 1. The molecule has 3 nitrogen and oxygen atoms in total. The van der Waals surface area contributed by atoms with Gasteiger partial charge in [0.05, 0.1) is 6.04 Å². The van der Waals surface area contributed by atoms with Crippen LogP contribution in [0.1, 0.15) is 31.6 Å². The van der Waals surface area contributed by atoms with Gasteiger partial charge < -0.3 is 10.3 Å². The summed E-state index contributed by atoms with van der Waals surface area (Å²) < 4.78 is 0. The molecule has 1 saturated heterocycles. The zero-order valence-corrected chi connectivity index (χ0v) is 9.31. The normalized spacial score (nSPS) is 23.9. The molecule has 0 radical (unpaired) electrons. The summed E-state index contributed by atoms with van der Waals surface area (Å²) in [6.07, 6.45) is 6.10. The van der Waals surface area contributed by atoms with Gasteiger partial charge in [0.1, 0.15) is 5.82 Å². The molecule has 0 bridgehead atoms. The lowest BCUT2D eigenvalue weighted by Crippen LogP contribution is -2.33. The van der Waals surface area contributed by atoms with Crippen LogP contribution >= 0.6 is 11.8 Å². The van der Waals surface area contributed by atoms with Crippen molar-refractivity contribution in [2.24, 2.45) is 0 Å². The number of aromatic nitrogens is 2. The molecule has 78 valence electrons. The Kier molecular flexibility index (Phi) is 3.48. The summed E-state index contributed by atoms with van der Waals surface area (Å²) in [6, 6.07) is 1.07. The number of aromatic amines is 1. The topological polar surface area (TPSA) is 40.7 Å². The van der Waals surface area contributed by atoms with Crippen molar-refractivity contribution in [2.45, 2.75) is 31.8 Å². The molecule has 14 heavy (non-hydrogen) atoms. The van der Waals surface area contributed by atoms with Crippen molar-refractivity contribution in [2.75, 3.05) is 11.5 Å². The van der Waals surface area contributed by atoms with Crippen LogP contribution in [0.25, 0.3) is 0 Å². The summed E-state index contributed by atoms with van der Waals surface area (Å²) in [5, 5.41) is 3.65. The maximum Gasteiger partial charge on any atom is 0.123 e. The van der Waals surface area contributed by atoms with Gasteiger partial charge in [-0.2, -0.15) is 11.8 Å². The predicted octanol–water partition coefficient (Wildman–Crippen LogP) is 1.96. The zero-order valence-electron chi connectivity index (χ0n) is 8.49. The highest BCUT2D eigenvalue weighted by atomic mass is 32.2. The van der Waals surface area contributed by atoms with E-state index in [-0.39, 0.29) is 0 Å². The summed E-state index contributed by atoms with van der Waals surface area (Å²) in [4.78, 5) is 7.49. The minimum atomic E-state index is 0.397. The molecule has 1 fully saturated rings. The van der Waals surface area contributed by atoms with Gasteiger partial charge in [-0.1, -0.05) is 6.92 Å². The van der Waals surface area contributed by atoms with Gasteiger partial charge >= 0.3 is 0 Å². The van der Waals surface area contributed by atoms with E-state index in [2.05, 4.69) is 22.2 Å². The highest BCUT2D eigenvalue weighted by Gasteiger charge is 2.20. The van der Waals surface area contributed by atoms with E-state index < -0.39 is 0 Å². The molecular formula is C10H17N3S. The SMILES string of the molecule is CCC(NC1CCSC1)c1ncc[nH]1. The summed E-state index contributed by atoms with van der Waals surface area (Å²) in [5.41, 5.74) is 0. The van der Waals surface area contributed by atoms with Crippen molar-refractivity contribution in [1.29, 1.82) is 0 Å². The van der Waals surface area contributed by atoms with Crippen molar-refractivity contribution in [3.63, 3.8) is 0 Å². The van der Waals surface area contributed by atoms with Crippen molar-refractivity contribution in [1.82, 2.24) is 15.3 Å². The van der Waals surface area contributed by atoms with Gasteiger partial charge in [-0.3, -0.25) is 0 Å². The second-order valence-electron chi connectivity index (χ2n) is 3.66. The number of imidazole rings is 1. The van der Waals surface area contributed by atoms with Crippen LogP contribution < -0.4 is 5.32 Å². The molecule has 0 amide bonds. The molecule has 0 aromatic carbocycles. The lowest BCUT2D eigenvalue weighted by atomic mass is 10.1. The quantitative estimate of drug-likeness (QED) is 0.800. The molecule has 1 aliphatic heterocycles. The molecular weight excluding hydrogens is 194 g/mol. The first-order valence-electron chi connectivity index (χ1n) is 5.23. The first-order valence-corrected chi connectivity index (χ1v) is 6.38. The van der Waals surface area contributed by atoms with Gasteiger partial charge in [0.15, 0.2) is 0 Å². The monoisotopic (exact) mass is 211 g/mol. The fourth-order valence-electron chi connectivity index (χ4n) is 1.81. The van der Waals surface area contributed by atoms with Crippen molar-refractivity contribution in [3.8, 4) is 0 Å². The molecule has 1 aromatic heterocycles. The van der Waals surface area contributed by atoms with E-state index in [4.69, 9.17) is 0 Å². The fourth-order valence-corrected chi connectivity index (χ4v) is 2.97. The standard InChI is InChI=1S/C10H17N3S/c1-2-9(10-11-4-5-12-10)13-8-3-6-14-7-8/h4-5,8-9,13H,2-3,6-7H2,1H3,(H,11,12). The van der Waals surface area contributed by atoms with Crippen molar-refractivity contribution in [3.05, 3.63) is 18.2 Å². The molecule has 2 heterocycles. The summed E-state index contributed by atoms with van der Waals surface area (Å²) >= 11 is 2.04. The van der Waals surface area contributed by atoms with Crippen LogP contribution in [0, 0.1) is 0 Å². The Hall–Kier alpha value is -0.480. The summed E-state index contributed by atoms with van der Waals surface area (Å²) in [6.45, 7) is 2.20. The summed E-state index contributed by atoms with van der Waals surface area (Å²) in [7, 11) is 0. The maximum atomic E-state index is 4.30. The highest BCUT2D eigenvalue weighted by molar-refractivity contribution is 7.99. The van der Waals surface area contributed by atoms with Crippen LogP contribution in [0.5, 0.6) is 0 Å². The third-order valence-electron chi connectivity index (χ3n) is 2.62. The summed E-state index contributed by atoms with van der Waals surface area (Å²) in [5.74, 6) is 3.62. The molecule has 0 spiro atoms. The largest absolute Gasteiger partial charge is 0.347 e. The third kappa shape index (κ3) is 2.30. The van der Waals surface area contributed by atoms with Gasteiger partial charge in [-0.05, 0) is 18.6 Å². The van der Waals surface area contributed by atoms with Gasteiger partial charge in [-0.15, -0.1) is 0 Å². The van der Waals surface area contributed by atoms with Gasteiger partial charge in [0, 0.05) is 24.2 Å². The number of nitrogens with one attached hydrogen (secondary N) is 2. The molecule has 2 N–H and O–H groups in total. The molecule has 0 aliphatic carbocycles. The van der Waals surface area contributed by atoms with E-state index in [1.807, 2.05) is 24.2 Å².